The topological polar surface area (TPSA) is 83.2 Å². The van der Waals surface area contributed by atoms with Crippen molar-refractivity contribution in [2.24, 2.45) is 7.05 Å². The van der Waals surface area contributed by atoms with Crippen LogP contribution in [-0.4, -0.2) is 27.2 Å². The fraction of sp³-hybridized carbons (Fsp3) is 0.222. The third-order valence-electron chi connectivity index (χ3n) is 4.06. The number of ether oxygens (including phenoxy) is 1. The first-order valence-corrected chi connectivity index (χ1v) is 7.77. The van der Waals surface area contributed by atoms with E-state index in [0.717, 1.165) is 4.57 Å². The molecule has 0 aliphatic rings. The van der Waals surface area contributed by atoms with Crippen LogP contribution in [-0.2, 0) is 18.3 Å². The first-order chi connectivity index (χ1) is 12.3. The molecule has 8 heteroatoms. The number of esters is 1. The molecule has 1 aromatic carbocycles. The maximum absolute atomic E-state index is 13.4. The van der Waals surface area contributed by atoms with E-state index < -0.39 is 23.0 Å². The van der Waals surface area contributed by atoms with Gasteiger partial charge in [0.2, 0.25) is 0 Å². The van der Waals surface area contributed by atoms with Gasteiger partial charge in [-0.15, -0.1) is 0 Å². The Labute approximate surface area is 147 Å². The minimum Gasteiger partial charge on any atom is -0.465 e. The number of carbonyl (C=O) groups is 1. The highest BCUT2D eigenvalue weighted by Gasteiger charge is 2.20. The molecule has 0 bridgehead atoms. The highest BCUT2D eigenvalue weighted by atomic mass is 19.1. The van der Waals surface area contributed by atoms with Crippen LogP contribution in [0.25, 0.3) is 11.0 Å². The lowest BCUT2D eigenvalue weighted by Gasteiger charge is -2.13. The van der Waals surface area contributed by atoms with Gasteiger partial charge in [-0.3, -0.25) is 13.9 Å². The molecule has 0 atom stereocenters. The van der Waals surface area contributed by atoms with Crippen LogP contribution in [0, 0.1) is 12.7 Å². The summed E-state index contributed by atoms with van der Waals surface area (Å²) >= 11 is 0. The summed E-state index contributed by atoms with van der Waals surface area (Å²) < 4.78 is 20.3. The minimum atomic E-state index is -0.700. The van der Waals surface area contributed by atoms with Crippen molar-refractivity contribution in [1.82, 2.24) is 14.1 Å². The number of methoxy groups -OCH3 is 1. The van der Waals surface area contributed by atoms with Crippen molar-refractivity contribution in [2.75, 3.05) is 7.11 Å². The molecule has 2 heterocycles. The molecule has 0 saturated heterocycles. The Kier molecular flexibility index (Phi) is 4.41. The van der Waals surface area contributed by atoms with E-state index in [2.05, 4.69) is 4.98 Å². The summed E-state index contributed by atoms with van der Waals surface area (Å²) in [5.74, 6) is -1.17. The van der Waals surface area contributed by atoms with Gasteiger partial charge in [-0.25, -0.2) is 19.0 Å². The number of aromatic nitrogens is 3. The van der Waals surface area contributed by atoms with E-state index in [-0.39, 0.29) is 23.1 Å². The summed E-state index contributed by atoms with van der Waals surface area (Å²) in [4.78, 5) is 41.9. The SMILES string of the molecule is COC(=O)c1cc(C)nc2c1c(=O)n(Cc1cccc(F)c1)c(=O)n2C. The molecule has 7 nitrogen and oxygen atoms in total. The third-order valence-corrected chi connectivity index (χ3v) is 4.06. The van der Waals surface area contributed by atoms with Gasteiger partial charge in [0, 0.05) is 12.7 Å². The number of aryl methyl sites for hydroxylation is 2. The zero-order valence-corrected chi connectivity index (χ0v) is 14.4. The summed E-state index contributed by atoms with van der Waals surface area (Å²) in [5.41, 5.74) is -0.251. The van der Waals surface area contributed by atoms with Gasteiger partial charge in [0.25, 0.3) is 5.56 Å². The Morgan fingerprint density at radius 2 is 2.00 bits per heavy atom. The largest absolute Gasteiger partial charge is 0.465 e. The quantitative estimate of drug-likeness (QED) is 0.661. The van der Waals surface area contributed by atoms with E-state index in [4.69, 9.17) is 4.74 Å². The molecule has 3 aromatic rings. The summed E-state index contributed by atoms with van der Waals surface area (Å²) in [5, 5.41) is -0.0130. The van der Waals surface area contributed by atoms with Crippen molar-refractivity contribution >= 4 is 17.0 Å². The number of fused-ring (bicyclic) bond motifs is 1. The number of rotatable bonds is 3. The van der Waals surface area contributed by atoms with Gasteiger partial charge in [-0.05, 0) is 30.7 Å². The van der Waals surface area contributed by atoms with Crippen LogP contribution in [0.2, 0.25) is 0 Å². The maximum atomic E-state index is 13.4. The highest BCUT2D eigenvalue weighted by Crippen LogP contribution is 2.15. The minimum absolute atomic E-state index is 0.0130. The van der Waals surface area contributed by atoms with Gasteiger partial charge in [-0.2, -0.15) is 0 Å². The normalized spacial score (nSPS) is 10.9. The van der Waals surface area contributed by atoms with Gasteiger partial charge in [0.1, 0.15) is 11.5 Å². The van der Waals surface area contributed by atoms with Crippen LogP contribution < -0.4 is 11.2 Å². The van der Waals surface area contributed by atoms with Crippen molar-refractivity contribution in [3.8, 4) is 0 Å². The van der Waals surface area contributed by atoms with Crippen LogP contribution in [0.3, 0.4) is 0 Å². The summed E-state index contributed by atoms with van der Waals surface area (Å²) in [6, 6.07) is 7.05. The van der Waals surface area contributed by atoms with Crippen LogP contribution in [0.5, 0.6) is 0 Å². The average Bonchev–Trinajstić information content (AvgIpc) is 2.62. The van der Waals surface area contributed by atoms with Crippen LogP contribution in [0.15, 0.2) is 39.9 Å². The van der Waals surface area contributed by atoms with Gasteiger partial charge in [-0.1, -0.05) is 12.1 Å². The fourth-order valence-corrected chi connectivity index (χ4v) is 2.83. The first kappa shape index (κ1) is 17.5. The predicted molar refractivity (Wildman–Crippen MR) is 92.8 cm³/mol. The number of carbonyl (C=O) groups excluding carboxylic acids is 1. The number of halogens is 1. The van der Waals surface area contributed by atoms with E-state index in [1.54, 1.807) is 13.0 Å². The Bertz CT molecular complexity index is 1150. The van der Waals surface area contributed by atoms with Crippen molar-refractivity contribution in [1.29, 1.82) is 0 Å². The zero-order valence-electron chi connectivity index (χ0n) is 14.4. The Morgan fingerprint density at radius 1 is 1.27 bits per heavy atom. The van der Waals surface area contributed by atoms with Crippen LogP contribution >= 0.6 is 0 Å². The second kappa shape index (κ2) is 6.55. The lowest BCUT2D eigenvalue weighted by atomic mass is 10.1. The van der Waals surface area contributed by atoms with E-state index in [1.165, 1.54) is 43.0 Å². The van der Waals surface area contributed by atoms with Crippen LogP contribution in [0.4, 0.5) is 4.39 Å². The number of hydrogen-bond acceptors (Lipinski definition) is 5. The summed E-state index contributed by atoms with van der Waals surface area (Å²) in [6.45, 7) is 1.52. The third kappa shape index (κ3) is 2.90. The molecule has 0 amide bonds. The number of nitrogens with zero attached hydrogens (tertiary/aromatic N) is 3. The van der Waals surface area contributed by atoms with E-state index in [9.17, 15) is 18.8 Å². The highest BCUT2D eigenvalue weighted by molar-refractivity contribution is 6.02. The smallest absolute Gasteiger partial charge is 0.338 e. The van der Waals surface area contributed by atoms with Crippen molar-refractivity contribution in [3.05, 3.63) is 73.8 Å². The van der Waals surface area contributed by atoms with Crippen molar-refractivity contribution < 1.29 is 13.9 Å². The molecular weight excluding hydrogens is 341 g/mol. The number of hydrogen-bond donors (Lipinski definition) is 0. The van der Waals surface area contributed by atoms with Gasteiger partial charge >= 0.3 is 11.7 Å². The summed E-state index contributed by atoms with van der Waals surface area (Å²) in [7, 11) is 2.66. The molecule has 0 radical (unpaired) electrons. The molecular formula is C18H16FN3O4. The fourth-order valence-electron chi connectivity index (χ4n) is 2.83. The van der Waals surface area contributed by atoms with E-state index in [0.29, 0.717) is 11.3 Å². The predicted octanol–water partition coefficient (Wildman–Crippen LogP) is 1.38. The molecule has 0 saturated carbocycles. The van der Waals surface area contributed by atoms with E-state index >= 15 is 0 Å². The standard InChI is InChI=1S/C18H16FN3O4/c1-10-7-13(17(24)26-3)14-15(20-10)21(2)18(25)22(16(14)23)9-11-5-4-6-12(19)8-11/h4-8H,9H2,1-3H3. The second-order valence-electron chi connectivity index (χ2n) is 5.86. The van der Waals surface area contributed by atoms with Crippen molar-refractivity contribution in [3.63, 3.8) is 0 Å². The molecule has 2 aromatic heterocycles. The van der Waals surface area contributed by atoms with Gasteiger partial charge < -0.3 is 4.74 Å². The molecule has 0 N–H and O–H groups in total. The Hall–Kier alpha value is -3.29. The molecule has 3 rings (SSSR count). The Balaban J connectivity index is 2.35. The first-order valence-electron chi connectivity index (χ1n) is 7.77. The number of benzene rings is 1. The van der Waals surface area contributed by atoms with Crippen LogP contribution in [0.1, 0.15) is 21.6 Å². The lowest BCUT2D eigenvalue weighted by Crippen LogP contribution is -2.40. The average molecular weight is 357 g/mol. The molecule has 0 spiro atoms. The number of pyridine rings is 1. The van der Waals surface area contributed by atoms with Crippen molar-refractivity contribution in [2.45, 2.75) is 13.5 Å². The van der Waals surface area contributed by atoms with E-state index in [1.807, 2.05) is 0 Å². The monoisotopic (exact) mass is 357 g/mol. The van der Waals surface area contributed by atoms with Gasteiger partial charge in [0.05, 0.1) is 24.6 Å². The Morgan fingerprint density at radius 3 is 2.65 bits per heavy atom. The zero-order chi connectivity index (χ0) is 19.0. The lowest BCUT2D eigenvalue weighted by molar-refractivity contribution is 0.0602. The summed E-state index contributed by atoms with van der Waals surface area (Å²) in [6.07, 6.45) is 0. The molecule has 26 heavy (non-hydrogen) atoms. The molecule has 0 aliphatic carbocycles. The molecule has 0 fully saturated rings. The van der Waals surface area contributed by atoms with Gasteiger partial charge in [0.15, 0.2) is 0 Å². The second-order valence-corrected chi connectivity index (χ2v) is 5.86. The molecule has 0 unspecified atom stereocenters. The maximum Gasteiger partial charge on any atom is 0.338 e. The molecule has 134 valence electrons. The molecule has 0 aliphatic heterocycles.